The second-order valence-electron chi connectivity index (χ2n) is 3.66. The number of hydrogen-bond acceptors (Lipinski definition) is 2. The van der Waals surface area contributed by atoms with E-state index in [0.717, 1.165) is 18.9 Å². The molecule has 1 fully saturated rings. The van der Waals surface area contributed by atoms with E-state index >= 15 is 0 Å². The standard InChI is InChI=1S/C12H14N2O/c1-10-13(2)8-9-14(10)12(15)11-6-4-3-5-7-11/h3-7H,1,8-9H2,2H3. The Hall–Kier alpha value is -1.77. The van der Waals surface area contributed by atoms with Crippen LogP contribution in [0.2, 0.25) is 0 Å². The van der Waals surface area contributed by atoms with Gasteiger partial charge in [-0.2, -0.15) is 0 Å². The van der Waals surface area contributed by atoms with Crippen LogP contribution in [0.15, 0.2) is 42.7 Å². The Balaban J connectivity index is 2.20. The van der Waals surface area contributed by atoms with E-state index in [-0.39, 0.29) is 5.91 Å². The lowest BCUT2D eigenvalue weighted by Gasteiger charge is -2.18. The molecule has 3 nitrogen and oxygen atoms in total. The summed E-state index contributed by atoms with van der Waals surface area (Å²) in [7, 11) is 1.95. The molecule has 1 aromatic rings. The van der Waals surface area contributed by atoms with Crippen LogP contribution < -0.4 is 0 Å². The normalized spacial score (nSPS) is 15.9. The van der Waals surface area contributed by atoms with Gasteiger partial charge in [0, 0.05) is 25.7 Å². The predicted octanol–water partition coefficient (Wildman–Crippen LogP) is 1.55. The zero-order valence-corrected chi connectivity index (χ0v) is 8.81. The molecule has 0 bridgehead atoms. The molecule has 0 unspecified atom stereocenters. The molecule has 0 spiro atoms. The van der Waals surface area contributed by atoms with E-state index in [0.29, 0.717) is 5.56 Å². The second-order valence-corrected chi connectivity index (χ2v) is 3.66. The fourth-order valence-corrected chi connectivity index (χ4v) is 1.67. The molecule has 1 aliphatic heterocycles. The molecule has 0 aromatic heterocycles. The number of benzene rings is 1. The molecule has 1 heterocycles. The monoisotopic (exact) mass is 202 g/mol. The topological polar surface area (TPSA) is 23.6 Å². The van der Waals surface area contributed by atoms with Gasteiger partial charge in [0.25, 0.3) is 5.91 Å². The van der Waals surface area contributed by atoms with Gasteiger partial charge in [-0.15, -0.1) is 0 Å². The summed E-state index contributed by atoms with van der Waals surface area (Å²) in [5, 5.41) is 0. The molecule has 2 rings (SSSR count). The van der Waals surface area contributed by atoms with Gasteiger partial charge < -0.3 is 4.90 Å². The van der Waals surface area contributed by atoms with Crippen molar-refractivity contribution in [3.05, 3.63) is 48.3 Å². The van der Waals surface area contributed by atoms with E-state index in [1.54, 1.807) is 4.90 Å². The maximum Gasteiger partial charge on any atom is 0.259 e. The lowest BCUT2D eigenvalue weighted by molar-refractivity contribution is 0.0820. The Kier molecular flexibility index (Phi) is 2.46. The molecular formula is C12H14N2O. The molecule has 0 saturated carbocycles. The van der Waals surface area contributed by atoms with Gasteiger partial charge in [0.15, 0.2) is 0 Å². The maximum absolute atomic E-state index is 12.0. The summed E-state index contributed by atoms with van der Waals surface area (Å²) in [6.45, 7) is 5.48. The molecule has 0 N–H and O–H groups in total. The van der Waals surface area contributed by atoms with Crippen LogP contribution >= 0.6 is 0 Å². The average molecular weight is 202 g/mol. The molecule has 1 amide bonds. The van der Waals surface area contributed by atoms with Crippen LogP contribution in [0.3, 0.4) is 0 Å². The predicted molar refractivity (Wildman–Crippen MR) is 59.2 cm³/mol. The Bertz CT molecular complexity index is 386. The highest BCUT2D eigenvalue weighted by Crippen LogP contribution is 2.17. The first-order chi connectivity index (χ1) is 7.20. The largest absolute Gasteiger partial charge is 0.360 e. The summed E-state index contributed by atoms with van der Waals surface area (Å²) < 4.78 is 0. The van der Waals surface area contributed by atoms with Crippen molar-refractivity contribution >= 4 is 5.91 Å². The van der Waals surface area contributed by atoms with Crippen molar-refractivity contribution in [1.82, 2.24) is 9.80 Å². The van der Waals surface area contributed by atoms with Gasteiger partial charge >= 0.3 is 0 Å². The molecule has 0 radical (unpaired) electrons. The first-order valence-electron chi connectivity index (χ1n) is 4.97. The zero-order valence-electron chi connectivity index (χ0n) is 8.81. The average Bonchev–Trinajstić information content (AvgIpc) is 2.60. The molecule has 1 aliphatic rings. The van der Waals surface area contributed by atoms with Crippen LogP contribution in [0.4, 0.5) is 0 Å². The Morgan fingerprint density at radius 1 is 1.27 bits per heavy atom. The van der Waals surface area contributed by atoms with Crippen LogP contribution in [0.25, 0.3) is 0 Å². The van der Waals surface area contributed by atoms with Gasteiger partial charge in [0.05, 0.1) is 0 Å². The van der Waals surface area contributed by atoms with Crippen molar-refractivity contribution in [1.29, 1.82) is 0 Å². The van der Waals surface area contributed by atoms with Crippen molar-refractivity contribution in [3.8, 4) is 0 Å². The number of rotatable bonds is 1. The Morgan fingerprint density at radius 2 is 1.93 bits per heavy atom. The van der Waals surface area contributed by atoms with Gasteiger partial charge in [-0.3, -0.25) is 9.69 Å². The highest BCUT2D eigenvalue weighted by molar-refractivity contribution is 5.95. The van der Waals surface area contributed by atoms with Crippen LogP contribution in [-0.2, 0) is 0 Å². The molecule has 1 aromatic carbocycles. The number of amides is 1. The highest BCUT2D eigenvalue weighted by Gasteiger charge is 2.25. The van der Waals surface area contributed by atoms with Crippen LogP contribution in [0.1, 0.15) is 10.4 Å². The van der Waals surface area contributed by atoms with Crippen molar-refractivity contribution < 1.29 is 4.79 Å². The number of carbonyl (C=O) groups excluding carboxylic acids is 1. The molecule has 78 valence electrons. The Morgan fingerprint density at radius 3 is 2.47 bits per heavy atom. The number of likely N-dealkylation sites (N-methyl/N-ethyl adjacent to an activating group) is 1. The van der Waals surface area contributed by atoms with Crippen molar-refractivity contribution in [2.75, 3.05) is 20.1 Å². The summed E-state index contributed by atoms with van der Waals surface area (Å²) >= 11 is 0. The first-order valence-corrected chi connectivity index (χ1v) is 4.97. The van der Waals surface area contributed by atoms with Gasteiger partial charge in [-0.05, 0) is 12.1 Å². The summed E-state index contributed by atoms with van der Waals surface area (Å²) in [4.78, 5) is 15.7. The minimum absolute atomic E-state index is 0.0324. The summed E-state index contributed by atoms with van der Waals surface area (Å²) in [5.41, 5.74) is 0.717. The lowest BCUT2D eigenvalue weighted by Crippen LogP contribution is -2.27. The third-order valence-corrected chi connectivity index (χ3v) is 2.68. The third kappa shape index (κ3) is 1.73. The SMILES string of the molecule is C=C1N(C)CCN1C(=O)c1ccccc1. The van der Waals surface area contributed by atoms with Crippen molar-refractivity contribution in [3.63, 3.8) is 0 Å². The summed E-state index contributed by atoms with van der Waals surface area (Å²) in [6.07, 6.45) is 0. The number of hydrogen-bond donors (Lipinski definition) is 0. The third-order valence-electron chi connectivity index (χ3n) is 2.68. The highest BCUT2D eigenvalue weighted by atomic mass is 16.2. The van der Waals surface area contributed by atoms with Crippen molar-refractivity contribution in [2.24, 2.45) is 0 Å². The zero-order chi connectivity index (χ0) is 10.8. The molecule has 0 atom stereocenters. The fourth-order valence-electron chi connectivity index (χ4n) is 1.67. The maximum atomic E-state index is 12.0. The number of nitrogens with zero attached hydrogens (tertiary/aromatic N) is 2. The fraction of sp³-hybridized carbons (Fsp3) is 0.250. The van der Waals surface area contributed by atoms with E-state index in [9.17, 15) is 4.79 Å². The van der Waals surface area contributed by atoms with Gasteiger partial charge in [-0.25, -0.2) is 0 Å². The number of carbonyl (C=O) groups is 1. The van der Waals surface area contributed by atoms with Gasteiger partial charge in [0.1, 0.15) is 5.82 Å². The molecule has 1 saturated heterocycles. The van der Waals surface area contributed by atoms with Crippen LogP contribution in [-0.4, -0.2) is 35.8 Å². The van der Waals surface area contributed by atoms with E-state index in [4.69, 9.17) is 0 Å². The lowest BCUT2D eigenvalue weighted by atomic mass is 10.2. The smallest absolute Gasteiger partial charge is 0.259 e. The van der Waals surface area contributed by atoms with Gasteiger partial charge in [-0.1, -0.05) is 24.8 Å². The Labute approximate surface area is 89.6 Å². The van der Waals surface area contributed by atoms with Crippen LogP contribution in [0, 0.1) is 0 Å². The van der Waals surface area contributed by atoms with Gasteiger partial charge in [0.2, 0.25) is 0 Å². The summed E-state index contributed by atoms with van der Waals surface area (Å²) in [6, 6.07) is 9.30. The molecule has 15 heavy (non-hydrogen) atoms. The second kappa shape index (κ2) is 3.77. The minimum Gasteiger partial charge on any atom is -0.360 e. The van der Waals surface area contributed by atoms with E-state index in [1.165, 1.54) is 0 Å². The molecular weight excluding hydrogens is 188 g/mol. The summed E-state index contributed by atoms with van der Waals surface area (Å²) in [5.74, 6) is 0.814. The van der Waals surface area contributed by atoms with E-state index in [2.05, 4.69) is 6.58 Å². The first kappa shape index (κ1) is 9.77. The minimum atomic E-state index is 0.0324. The quantitative estimate of drug-likeness (QED) is 0.689. The van der Waals surface area contributed by atoms with Crippen LogP contribution in [0.5, 0.6) is 0 Å². The molecule has 0 aliphatic carbocycles. The molecule has 3 heteroatoms. The van der Waals surface area contributed by atoms with Crippen molar-refractivity contribution in [2.45, 2.75) is 0 Å². The van der Waals surface area contributed by atoms with E-state index in [1.807, 2.05) is 42.3 Å². The van der Waals surface area contributed by atoms with E-state index < -0.39 is 0 Å².